The van der Waals surface area contributed by atoms with Crippen molar-refractivity contribution in [1.82, 2.24) is 20.4 Å². The number of hydrogen-bond acceptors (Lipinski definition) is 6. The van der Waals surface area contributed by atoms with Crippen LogP contribution in [0.4, 0.5) is 4.39 Å². The van der Waals surface area contributed by atoms with E-state index in [-0.39, 0.29) is 17.6 Å². The van der Waals surface area contributed by atoms with Crippen LogP contribution in [-0.2, 0) is 17.1 Å². The summed E-state index contributed by atoms with van der Waals surface area (Å²) in [7, 11) is 0. The normalized spacial score (nSPS) is 16.5. The van der Waals surface area contributed by atoms with Gasteiger partial charge < -0.3 is 9.84 Å². The summed E-state index contributed by atoms with van der Waals surface area (Å²) in [5.74, 6) is 2.65. The van der Waals surface area contributed by atoms with Crippen LogP contribution in [0.15, 0.2) is 53.1 Å². The molecular formula is C25H28ClFN4O2S. The van der Waals surface area contributed by atoms with E-state index in [0.717, 1.165) is 48.4 Å². The molecule has 1 amide bonds. The molecule has 6 nitrogen and oxygen atoms in total. The van der Waals surface area contributed by atoms with E-state index in [2.05, 4.69) is 20.4 Å². The molecule has 0 aliphatic carbocycles. The molecule has 34 heavy (non-hydrogen) atoms. The van der Waals surface area contributed by atoms with Crippen LogP contribution in [0.2, 0.25) is 5.02 Å². The lowest BCUT2D eigenvalue weighted by molar-refractivity contribution is -0.126. The Kier molecular flexibility index (Phi) is 8.96. The van der Waals surface area contributed by atoms with Crippen LogP contribution < -0.4 is 5.32 Å². The summed E-state index contributed by atoms with van der Waals surface area (Å²) in [5.41, 5.74) is 1.85. The second-order valence-corrected chi connectivity index (χ2v) is 9.90. The fourth-order valence-electron chi connectivity index (χ4n) is 3.98. The van der Waals surface area contributed by atoms with Crippen LogP contribution >= 0.6 is 23.4 Å². The molecule has 1 unspecified atom stereocenters. The highest BCUT2D eigenvalue weighted by Crippen LogP contribution is 2.25. The number of piperidine rings is 1. The number of carbonyl (C=O) groups is 1. The lowest BCUT2D eigenvalue weighted by Gasteiger charge is -2.30. The Balaban J connectivity index is 1.17. The van der Waals surface area contributed by atoms with Crippen molar-refractivity contribution in [1.29, 1.82) is 0 Å². The Morgan fingerprint density at radius 1 is 1.24 bits per heavy atom. The van der Waals surface area contributed by atoms with Crippen molar-refractivity contribution >= 4 is 29.3 Å². The first-order valence-corrected chi connectivity index (χ1v) is 13.0. The second-order valence-electron chi connectivity index (χ2n) is 8.39. The summed E-state index contributed by atoms with van der Waals surface area (Å²) in [6.07, 6.45) is 2.74. The Hall–Kier alpha value is -2.42. The molecule has 0 bridgehead atoms. The van der Waals surface area contributed by atoms with Gasteiger partial charge in [-0.3, -0.25) is 9.69 Å². The van der Waals surface area contributed by atoms with Gasteiger partial charge in [-0.1, -0.05) is 41.0 Å². The van der Waals surface area contributed by atoms with Crippen molar-refractivity contribution in [3.8, 4) is 11.4 Å². The molecule has 1 aliphatic rings. The molecule has 0 radical (unpaired) electrons. The molecule has 0 spiro atoms. The monoisotopic (exact) mass is 502 g/mol. The number of hydrogen-bond donors (Lipinski definition) is 1. The number of nitrogens with zero attached hydrogens (tertiary/aromatic N) is 3. The van der Waals surface area contributed by atoms with Gasteiger partial charge in [0, 0.05) is 24.4 Å². The first kappa shape index (κ1) is 24.7. The molecular weight excluding hydrogens is 475 g/mol. The molecule has 0 saturated carbocycles. The van der Waals surface area contributed by atoms with E-state index in [4.69, 9.17) is 16.1 Å². The lowest BCUT2D eigenvalue weighted by atomic mass is 9.97. The molecule has 3 aromatic rings. The van der Waals surface area contributed by atoms with Crippen molar-refractivity contribution < 1.29 is 13.7 Å². The molecule has 1 atom stereocenters. The SMILES string of the molecule is O=C(NCCCSCc1ccc(F)cc1)C1CCCN(Cc2nc(-c3ccccc3Cl)no2)C1. The maximum absolute atomic E-state index is 13.0. The Morgan fingerprint density at radius 2 is 2.06 bits per heavy atom. The lowest BCUT2D eigenvalue weighted by Crippen LogP contribution is -2.43. The van der Waals surface area contributed by atoms with Gasteiger partial charge in [0.25, 0.3) is 0 Å². The van der Waals surface area contributed by atoms with Crippen molar-refractivity contribution in [2.75, 3.05) is 25.4 Å². The summed E-state index contributed by atoms with van der Waals surface area (Å²) in [6.45, 7) is 2.75. The maximum Gasteiger partial charge on any atom is 0.241 e. The molecule has 1 aliphatic heterocycles. The highest BCUT2D eigenvalue weighted by molar-refractivity contribution is 7.98. The minimum absolute atomic E-state index is 0.0356. The topological polar surface area (TPSA) is 71.3 Å². The van der Waals surface area contributed by atoms with Crippen LogP contribution in [-0.4, -0.2) is 46.3 Å². The molecule has 2 aromatic carbocycles. The van der Waals surface area contributed by atoms with Crippen molar-refractivity contribution in [2.45, 2.75) is 31.6 Å². The molecule has 2 heterocycles. The number of aromatic nitrogens is 2. The minimum atomic E-state index is -0.211. The molecule has 180 valence electrons. The highest BCUT2D eigenvalue weighted by Gasteiger charge is 2.26. The third kappa shape index (κ3) is 7.04. The van der Waals surface area contributed by atoms with E-state index in [9.17, 15) is 9.18 Å². The van der Waals surface area contributed by atoms with Gasteiger partial charge in [0.2, 0.25) is 17.6 Å². The summed E-state index contributed by atoms with van der Waals surface area (Å²) < 4.78 is 18.4. The zero-order chi connectivity index (χ0) is 23.8. The zero-order valence-corrected chi connectivity index (χ0v) is 20.5. The Labute approximate surface area is 208 Å². The number of amides is 1. The highest BCUT2D eigenvalue weighted by atomic mass is 35.5. The molecule has 9 heteroatoms. The molecule has 1 fully saturated rings. The average molecular weight is 503 g/mol. The van der Waals surface area contributed by atoms with Crippen LogP contribution in [0.25, 0.3) is 11.4 Å². The predicted molar refractivity (Wildman–Crippen MR) is 133 cm³/mol. The second kappa shape index (κ2) is 12.3. The van der Waals surface area contributed by atoms with Gasteiger partial charge in [0.1, 0.15) is 5.82 Å². The first-order chi connectivity index (χ1) is 16.6. The van der Waals surface area contributed by atoms with Gasteiger partial charge in [-0.05, 0) is 61.4 Å². The van der Waals surface area contributed by atoms with E-state index in [1.807, 2.05) is 30.3 Å². The number of nitrogens with one attached hydrogen (secondary N) is 1. The van der Waals surface area contributed by atoms with Gasteiger partial charge >= 0.3 is 0 Å². The smallest absolute Gasteiger partial charge is 0.241 e. The van der Waals surface area contributed by atoms with E-state index in [1.165, 1.54) is 12.1 Å². The van der Waals surface area contributed by atoms with Crippen molar-refractivity contribution in [2.24, 2.45) is 5.92 Å². The summed E-state index contributed by atoms with van der Waals surface area (Å²) in [4.78, 5) is 19.3. The van der Waals surface area contributed by atoms with Crippen LogP contribution in [0.3, 0.4) is 0 Å². The van der Waals surface area contributed by atoms with Gasteiger partial charge in [0.15, 0.2) is 0 Å². The summed E-state index contributed by atoms with van der Waals surface area (Å²) in [6, 6.07) is 14.0. The van der Waals surface area contributed by atoms with Crippen LogP contribution in [0, 0.1) is 11.7 Å². The third-order valence-electron chi connectivity index (χ3n) is 5.76. The number of likely N-dealkylation sites (tertiary alicyclic amines) is 1. The van der Waals surface area contributed by atoms with Crippen molar-refractivity contribution in [3.05, 3.63) is 70.8 Å². The fraction of sp³-hybridized carbons (Fsp3) is 0.400. The van der Waals surface area contributed by atoms with Crippen LogP contribution in [0.1, 0.15) is 30.7 Å². The van der Waals surface area contributed by atoms with Gasteiger partial charge in [-0.2, -0.15) is 16.7 Å². The molecule has 1 saturated heterocycles. The first-order valence-electron chi connectivity index (χ1n) is 11.5. The summed E-state index contributed by atoms with van der Waals surface area (Å²) in [5, 5.41) is 7.72. The Bertz CT molecular complexity index is 1080. The van der Waals surface area contributed by atoms with Gasteiger partial charge in [-0.15, -0.1) is 0 Å². The predicted octanol–water partition coefficient (Wildman–Crippen LogP) is 5.18. The van der Waals surface area contributed by atoms with E-state index in [1.54, 1.807) is 17.8 Å². The number of rotatable bonds is 10. The minimum Gasteiger partial charge on any atom is -0.356 e. The van der Waals surface area contributed by atoms with E-state index >= 15 is 0 Å². The zero-order valence-electron chi connectivity index (χ0n) is 18.9. The quantitative estimate of drug-likeness (QED) is 0.385. The van der Waals surface area contributed by atoms with Gasteiger partial charge in [0.05, 0.1) is 17.5 Å². The number of halogens is 2. The third-order valence-corrected chi connectivity index (χ3v) is 7.21. The van der Waals surface area contributed by atoms with E-state index < -0.39 is 0 Å². The fourth-order valence-corrected chi connectivity index (χ4v) is 5.12. The average Bonchev–Trinajstić information content (AvgIpc) is 3.31. The van der Waals surface area contributed by atoms with Crippen molar-refractivity contribution in [3.63, 3.8) is 0 Å². The number of benzene rings is 2. The van der Waals surface area contributed by atoms with Gasteiger partial charge in [-0.25, -0.2) is 4.39 Å². The molecule has 1 aromatic heterocycles. The van der Waals surface area contributed by atoms with E-state index in [0.29, 0.717) is 36.4 Å². The maximum atomic E-state index is 13.0. The molecule has 4 rings (SSSR count). The molecule has 1 N–H and O–H groups in total. The largest absolute Gasteiger partial charge is 0.356 e. The number of thioether (sulfide) groups is 1. The van der Waals surface area contributed by atoms with Crippen LogP contribution in [0.5, 0.6) is 0 Å². The number of carbonyl (C=O) groups excluding carboxylic acids is 1. The Morgan fingerprint density at radius 3 is 2.88 bits per heavy atom. The standard InChI is InChI=1S/C25H28ClFN4O2S/c26-22-7-2-1-6-21(22)24-29-23(33-30-24)16-31-13-3-5-19(15-31)25(32)28-12-4-14-34-17-18-8-10-20(27)11-9-18/h1-2,6-11,19H,3-5,12-17H2,(H,28,32). The summed E-state index contributed by atoms with van der Waals surface area (Å²) >= 11 is 8.02.